The highest BCUT2D eigenvalue weighted by Crippen LogP contribution is 2.29. The first-order chi connectivity index (χ1) is 8.75. The van der Waals surface area contributed by atoms with Crippen molar-refractivity contribution >= 4 is 5.97 Å². The lowest BCUT2D eigenvalue weighted by Crippen LogP contribution is -2.29. The molecular weight excluding hydrogens is 234 g/mol. The largest absolute Gasteiger partial charge is 0.481 e. The molecule has 1 N–H and O–H groups in total. The van der Waals surface area contributed by atoms with Crippen molar-refractivity contribution in [2.24, 2.45) is 5.92 Å². The molecule has 1 fully saturated rings. The molecule has 18 heavy (non-hydrogen) atoms. The van der Waals surface area contributed by atoms with Gasteiger partial charge in [0.05, 0.1) is 5.92 Å². The van der Waals surface area contributed by atoms with E-state index in [2.05, 4.69) is 10.2 Å². The molecule has 2 aliphatic rings. The summed E-state index contributed by atoms with van der Waals surface area (Å²) in [7, 11) is 0. The van der Waals surface area contributed by atoms with Crippen LogP contribution in [0.1, 0.15) is 43.4 Å². The van der Waals surface area contributed by atoms with Crippen LogP contribution in [0, 0.1) is 5.92 Å². The maximum Gasteiger partial charge on any atom is 0.308 e. The molecule has 1 aromatic rings. The molecule has 0 bridgehead atoms. The van der Waals surface area contributed by atoms with Crippen molar-refractivity contribution < 1.29 is 14.6 Å². The van der Waals surface area contributed by atoms with E-state index < -0.39 is 5.97 Å². The molecule has 3 heterocycles. The fourth-order valence-corrected chi connectivity index (χ4v) is 2.73. The van der Waals surface area contributed by atoms with E-state index >= 15 is 0 Å². The summed E-state index contributed by atoms with van der Waals surface area (Å²) in [6.45, 7) is 1.24. The van der Waals surface area contributed by atoms with E-state index in [0.717, 1.165) is 37.5 Å². The van der Waals surface area contributed by atoms with E-state index in [1.54, 1.807) is 0 Å². The van der Waals surface area contributed by atoms with Gasteiger partial charge in [0.2, 0.25) is 0 Å². The highest BCUT2D eigenvalue weighted by Gasteiger charge is 2.30. The lowest BCUT2D eigenvalue weighted by Gasteiger charge is -2.26. The molecule has 0 saturated carbocycles. The number of carbonyl (C=O) groups is 1. The molecule has 0 aliphatic carbocycles. The second-order valence-corrected chi connectivity index (χ2v) is 5.01. The fraction of sp³-hybridized carbons (Fsp3) is 0.750. The summed E-state index contributed by atoms with van der Waals surface area (Å²) < 4.78 is 7.67. The molecule has 1 aromatic heterocycles. The van der Waals surface area contributed by atoms with Gasteiger partial charge in [0.15, 0.2) is 5.82 Å². The van der Waals surface area contributed by atoms with Gasteiger partial charge in [0, 0.05) is 19.6 Å². The van der Waals surface area contributed by atoms with Crippen molar-refractivity contribution in [3.8, 4) is 0 Å². The Morgan fingerprint density at radius 2 is 2.22 bits per heavy atom. The lowest BCUT2D eigenvalue weighted by molar-refractivity contribution is -0.142. The van der Waals surface area contributed by atoms with Crippen LogP contribution in [0.25, 0.3) is 0 Å². The van der Waals surface area contributed by atoms with Crippen LogP contribution in [0.4, 0.5) is 0 Å². The molecule has 0 spiro atoms. The monoisotopic (exact) mass is 251 g/mol. The van der Waals surface area contributed by atoms with Crippen LogP contribution >= 0.6 is 0 Å². The first kappa shape index (κ1) is 11.6. The van der Waals surface area contributed by atoms with Gasteiger partial charge >= 0.3 is 5.97 Å². The van der Waals surface area contributed by atoms with Crippen molar-refractivity contribution in [3.63, 3.8) is 0 Å². The summed E-state index contributed by atoms with van der Waals surface area (Å²) in [6, 6.07) is 0. The number of nitrogens with zero attached hydrogens (tertiary/aromatic N) is 3. The Kier molecular flexibility index (Phi) is 3.03. The van der Waals surface area contributed by atoms with Crippen LogP contribution in [-0.4, -0.2) is 32.4 Å². The summed E-state index contributed by atoms with van der Waals surface area (Å²) in [5.41, 5.74) is 0. The van der Waals surface area contributed by atoms with Gasteiger partial charge in [-0.25, -0.2) is 0 Å². The van der Waals surface area contributed by atoms with Gasteiger partial charge < -0.3 is 14.4 Å². The Hall–Kier alpha value is -1.43. The Bertz CT molecular complexity index is 451. The van der Waals surface area contributed by atoms with Crippen molar-refractivity contribution in [1.82, 2.24) is 14.8 Å². The molecule has 6 nitrogen and oxygen atoms in total. The number of hydrogen-bond acceptors (Lipinski definition) is 4. The highest BCUT2D eigenvalue weighted by molar-refractivity contribution is 5.70. The standard InChI is InChI=1S/C12H17N3O3/c16-12(17)8-4-5-10-13-14-11(15(10)7-8)9-3-1-2-6-18-9/h8-9H,1-7H2,(H,16,17). The zero-order valence-electron chi connectivity index (χ0n) is 10.2. The topological polar surface area (TPSA) is 77.2 Å². The summed E-state index contributed by atoms with van der Waals surface area (Å²) in [5, 5.41) is 17.5. The van der Waals surface area contributed by atoms with E-state index in [1.807, 2.05) is 4.57 Å². The van der Waals surface area contributed by atoms with E-state index in [0.29, 0.717) is 19.4 Å². The molecule has 0 aromatic carbocycles. The summed E-state index contributed by atoms with van der Waals surface area (Å²) in [6.07, 6.45) is 4.52. The number of carboxylic acid groups (broad SMARTS) is 1. The fourth-order valence-electron chi connectivity index (χ4n) is 2.73. The predicted octanol–water partition coefficient (Wildman–Crippen LogP) is 1.17. The van der Waals surface area contributed by atoms with Crippen LogP contribution in [0.3, 0.4) is 0 Å². The molecular formula is C12H17N3O3. The van der Waals surface area contributed by atoms with E-state index in [9.17, 15) is 4.79 Å². The average Bonchev–Trinajstić information content (AvgIpc) is 2.82. The van der Waals surface area contributed by atoms with Gasteiger partial charge in [-0.1, -0.05) is 0 Å². The Morgan fingerprint density at radius 1 is 1.33 bits per heavy atom. The van der Waals surface area contributed by atoms with Crippen molar-refractivity contribution in [2.75, 3.05) is 6.61 Å². The highest BCUT2D eigenvalue weighted by atomic mass is 16.5. The number of rotatable bonds is 2. The Morgan fingerprint density at radius 3 is 2.94 bits per heavy atom. The normalized spacial score (nSPS) is 27.8. The molecule has 98 valence electrons. The summed E-state index contributed by atoms with van der Waals surface area (Å²) in [5.74, 6) is 0.660. The summed E-state index contributed by atoms with van der Waals surface area (Å²) >= 11 is 0. The molecule has 6 heteroatoms. The minimum absolute atomic E-state index is 0.00690. The maximum atomic E-state index is 11.1. The minimum Gasteiger partial charge on any atom is -0.481 e. The molecule has 0 amide bonds. The molecule has 2 aliphatic heterocycles. The number of aliphatic carboxylic acids is 1. The zero-order chi connectivity index (χ0) is 12.5. The molecule has 2 unspecified atom stereocenters. The summed E-state index contributed by atoms with van der Waals surface area (Å²) in [4.78, 5) is 11.1. The van der Waals surface area contributed by atoms with Crippen molar-refractivity contribution in [1.29, 1.82) is 0 Å². The van der Waals surface area contributed by atoms with E-state index in [1.165, 1.54) is 0 Å². The number of ether oxygens (including phenoxy) is 1. The number of aryl methyl sites for hydroxylation is 1. The Labute approximate surface area is 105 Å². The molecule has 0 radical (unpaired) electrons. The van der Waals surface area contributed by atoms with Crippen LogP contribution in [0.2, 0.25) is 0 Å². The quantitative estimate of drug-likeness (QED) is 0.853. The van der Waals surface area contributed by atoms with E-state index in [-0.39, 0.29) is 12.0 Å². The van der Waals surface area contributed by atoms with Gasteiger partial charge in [-0.15, -0.1) is 10.2 Å². The predicted molar refractivity (Wildman–Crippen MR) is 62.0 cm³/mol. The first-order valence-corrected chi connectivity index (χ1v) is 6.52. The first-order valence-electron chi connectivity index (χ1n) is 6.52. The third-order valence-electron chi connectivity index (χ3n) is 3.79. The number of aromatic nitrogens is 3. The van der Waals surface area contributed by atoms with Crippen LogP contribution in [-0.2, 0) is 22.5 Å². The second-order valence-electron chi connectivity index (χ2n) is 5.01. The number of hydrogen-bond donors (Lipinski definition) is 1. The lowest BCUT2D eigenvalue weighted by atomic mass is 9.99. The molecule has 3 rings (SSSR count). The minimum atomic E-state index is -0.732. The van der Waals surface area contributed by atoms with Gasteiger partial charge in [0.1, 0.15) is 11.9 Å². The van der Waals surface area contributed by atoms with Gasteiger partial charge in [0.25, 0.3) is 0 Å². The zero-order valence-corrected chi connectivity index (χ0v) is 10.2. The van der Waals surface area contributed by atoms with Crippen molar-refractivity contribution in [3.05, 3.63) is 11.6 Å². The maximum absolute atomic E-state index is 11.1. The van der Waals surface area contributed by atoms with Gasteiger partial charge in [-0.3, -0.25) is 4.79 Å². The molecule has 2 atom stereocenters. The van der Waals surface area contributed by atoms with Crippen molar-refractivity contribution in [2.45, 2.75) is 44.8 Å². The van der Waals surface area contributed by atoms with Crippen LogP contribution < -0.4 is 0 Å². The second kappa shape index (κ2) is 4.68. The van der Waals surface area contributed by atoms with Crippen LogP contribution in [0.15, 0.2) is 0 Å². The van der Waals surface area contributed by atoms with Crippen LogP contribution in [0.5, 0.6) is 0 Å². The average molecular weight is 251 g/mol. The SMILES string of the molecule is O=C(O)C1CCc2nnc(C3CCCCO3)n2C1. The van der Waals surface area contributed by atoms with E-state index in [4.69, 9.17) is 9.84 Å². The smallest absolute Gasteiger partial charge is 0.308 e. The third-order valence-corrected chi connectivity index (χ3v) is 3.79. The number of carboxylic acids is 1. The van der Waals surface area contributed by atoms with Gasteiger partial charge in [-0.05, 0) is 25.7 Å². The Balaban J connectivity index is 1.84. The van der Waals surface area contributed by atoms with Gasteiger partial charge in [-0.2, -0.15) is 0 Å². The number of fused-ring (bicyclic) bond motifs is 1. The third kappa shape index (κ3) is 2.01. The molecule has 1 saturated heterocycles.